The Kier molecular flexibility index (Phi) is 5.82. The number of piperidine rings is 1. The van der Waals surface area contributed by atoms with E-state index < -0.39 is 0 Å². The molecule has 1 saturated heterocycles. The van der Waals surface area contributed by atoms with Gasteiger partial charge in [-0.25, -0.2) is 9.97 Å². The minimum absolute atomic E-state index is 0.0450. The highest BCUT2D eigenvalue weighted by molar-refractivity contribution is 5.94. The highest BCUT2D eigenvalue weighted by Gasteiger charge is 2.22. The van der Waals surface area contributed by atoms with Crippen LogP contribution < -0.4 is 15.0 Å². The number of nitrogens with zero attached hydrogens (tertiary/aromatic N) is 3. The maximum atomic E-state index is 12.5. The van der Waals surface area contributed by atoms with E-state index in [2.05, 4.69) is 27.1 Å². The van der Waals surface area contributed by atoms with Gasteiger partial charge in [-0.2, -0.15) is 0 Å². The zero-order valence-corrected chi connectivity index (χ0v) is 14.5. The van der Waals surface area contributed by atoms with E-state index in [4.69, 9.17) is 4.74 Å². The molecule has 0 bridgehead atoms. The Balaban J connectivity index is 1.52. The summed E-state index contributed by atoms with van der Waals surface area (Å²) in [6.45, 7) is 4.40. The molecule has 1 aromatic heterocycles. The zero-order chi connectivity index (χ0) is 17.5. The predicted molar refractivity (Wildman–Crippen MR) is 97.0 cm³/mol. The number of hydrogen-bond acceptors (Lipinski definition) is 5. The first-order chi connectivity index (χ1) is 12.3. The van der Waals surface area contributed by atoms with E-state index in [-0.39, 0.29) is 11.9 Å². The molecule has 6 nitrogen and oxygen atoms in total. The number of benzene rings is 1. The summed E-state index contributed by atoms with van der Waals surface area (Å²) in [4.78, 5) is 23.2. The smallest absolute Gasteiger partial charge is 0.251 e. The number of hydrogen-bond donors (Lipinski definition) is 1. The molecule has 6 heteroatoms. The summed E-state index contributed by atoms with van der Waals surface area (Å²) in [6, 6.07) is 9.35. The van der Waals surface area contributed by atoms with Crippen LogP contribution in [0.3, 0.4) is 0 Å². The van der Waals surface area contributed by atoms with Crippen molar-refractivity contribution in [3.8, 4) is 5.75 Å². The third-order valence-corrected chi connectivity index (χ3v) is 4.23. The molecule has 2 aromatic rings. The van der Waals surface area contributed by atoms with Gasteiger partial charge >= 0.3 is 0 Å². The SMILES string of the molecule is CCCOc1cccc(C(=O)NC2CCN(c3ncccn3)CC2)c1. The van der Waals surface area contributed by atoms with E-state index >= 15 is 0 Å². The second kappa shape index (κ2) is 8.46. The van der Waals surface area contributed by atoms with Crippen LogP contribution in [0, 0.1) is 0 Å². The zero-order valence-electron chi connectivity index (χ0n) is 14.5. The first-order valence-electron chi connectivity index (χ1n) is 8.82. The number of carbonyl (C=O) groups excluding carboxylic acids is 1. The molecule has 0 unspecified atom stereocenters. The van der Waals surface area contributed by atoms with Crippen molar-refractivity contribution in [2.45, 2.75) is 32.2 Å². The summed E-state index contributed by atoms with van der Waals surface area (Å²) in [7, 11) is 0. The molecule has 0 radical (unpaired) electrons. The molecule has 0 atom stereocenters. The molecule has 25 heavy (non-hydrogen) atoms. The third-order valence-electron chi connectivity index (χ3n) is 4.23. The van der Waals surface area contributed by atoms with Crippen LogP contribution in [0.1, 0.15) is 36.5 Å². The highest BCUT2D eigenvalue weighted by atomic mass is 16.5. The monoisotopic (exact) mass is 340 g/mol. The number of amides is 1. The molecule has 1 N–H and O–H groups in total. The van der Waals surface area contributed by atoms with Crippen LogP contribution in [0.25, 0.3) is 0 Å². The minimum atomic E-state index is -0.0450. The molecule has 1 amide bonds. The van der Waals surface area contributed by atoms with E-state index in [0.717, 1.165) is 44.0 Å². The topological polar surface area (TPSA) is 67.3 Å². The van der Waals surface area contributed by atoms with Gasteiger partial charge in [0, 0.05) is 37.1 Å². The third kappa shape index (κ3) is 4.68. The molecular formula is C19H24N4O2. The van der Waals surface area contributed by atoms with Crippen LogP contribution in [0.2, 0.25) is 0 Å². The Hall–Kier alpha value is -2.63. The Morgan fingerprint density at radius 1 is 1.24 bits per heavy atom. The molecule has 1 fully saturated rings. The van der Waals surface area contributed by atoms with E-state index in [1.54, 1.807) is 18.5 Å². The molecule has 0 spiro atoms. The molecule has 0 saturated carbocycles. The van der Waals surface area contributed by atoms with Crippen molar-refractivity contribution >= 4 is 11.9 Å². The van der Waals surface area contributed by atoms with Crippen molar-refractivity contribution in [3.63, 3.8) is 0 Å². The van der Waals surface area contributed by atoms with E-state index in [0.29, 0.717) is 12.2 Å². The second-order valence-electron chi connectivity index (χ2n) is 6.16. The molecule has 1 aliphatic heterocycles. The lowest BCUT2D eigenvalue weighted by Gasteiger charge is -2.32. The van der Waals surface area contributed by atoms with Crippen molar-refractivity contribution in [2.75, 3.05) is 24.6 Å². The quantitative estimate of drug-likeness (QED) is 0.876. The fraction of sp³-hybridized carbons (Fsp3) is 0.421. The Bertz CT molecular complexity index is 685. The van der Waals surface area contributed by atoms with E-state index in [9.17, 15) is 4.79 Å². The summed E-state index contributed by atoms with van der Waals surface area (Å²) in [5, 5.41) is 3.13. The van der Waals surface area contributed by atoms with Gasteiger partial charge in [0.1, 0.15) is 5.75 Å². The maximum absolute atomic E-state index is 12.5. The molecule has 0 aliphatic carbocycles. The van der Waals surface area contributed by atoms with Crippen molar-refractivity contribution in [1.82, 2.24) is 15.3 Å². The summed E-state index contributed by atoms with van der Waals surface area (Å²) < 4.78 is 5.60. The molecule has 1 aromatic carbocycles. The van der Waals surface area contributed by atoms with Crippen molar-refractivity contribution in [1.29, 1.82) is 0 Å². The summed E-state index contributed by atoms with van der Waals surface area (Å²) in [6.07, 6.45) is 6.22. The summed E-state index contributed by atoms with van der Waals surface area (Å²) in [5.74, 6) is 1.45. The standard InChI is InChI=1S/C19H24N4O2/c1-2-13-25-17-6-3-5-15(14-17)18(24)22-16-7-11-23(12-8-16)19-20-9-4-10-21-19/h3-6,9-10,14,16H,2,7-8,11-13H2,1H3,(H,22,24). The van der Waals surface area contributed by atoms with Gasteiger partial charge in [-0.1, -0.05) is 13.0 Å². The second-order valence-corrected chi connectivity index (χ2v) is 6.16. The van der Waals surface area contributed by atoms with E-state index in [1.807, 2.05) is 24.3 Å². The lowest BCUT2D eigenvalue weighted by Crippen LogP contribution is -2.45. The maximum Gasteiger partial charge on any atom is 0.251 e. The fourth-order valence-electron chi connectivity index (χ4n) is 2.89. The number of nitrogens with one attached hydrogen (secondary N) is 1. The molecule has 132 valence electrons. The van der Waals surface area contributed by atoms with Gasteiger partial charge in [0.15, 0.2) is 0 Å². The Morgan fingerprint density at radius 2 is 2.00 bits per heavy atom. The van der Waals surface area contributed by atoms with Crippen LogP contribution in [-0.2, 0) is 0 Å². The lowest BCUT2D eigenvalue weighted by molar-refractivity contribution is 0.0930. The van der Waals surface area contributed by atoms with Crippen LogP contribution in [0.15, 0.2) is 42.7 Å². The minimum Gasteiger partial charge on any atom is -0.494 e. The van der Waals surface area contributed by atoms with Crippen molar-refractivity contribution in [3.05, 3.63) is 48.3 Å². The first-order valence-corrected chi connectivity index (χ1v) is 8.82. The average molecular weight is 340 g/mol. The summed E-state index contributed by atoms with van der Waals surface area (Å²) >= 11 is 0. The lowest BCUT2D eigenvalue weighted by atomic mass is 10.0. The largest absolute Gasteiger partial charge is 0.494 e. The number of ether oxygens (including phenoxy) is 1. The van der Waals surface area contributed by atoms with Gasteiger partial charge in [0.2, 0.25) is 5.95 Å². The molecule has 2 heterocycles. The van der Waals surface area contributed by atoms with Crippen LogP contribution >= 0.6 is 0 Å². The molecule has 3 rings (SSSR count). The molecular weight excluding hydrogens is 316 g/mol. The van der Waals surface area contributed by atoms with Gasteiger partial charge in [0.25, 0.3) is 5.91 Å². The molecule has 1 aliphatic rings. The fourth-order valence-corrected chi connectivity index (χ4v) is 2.89. The number of carbonyl (C=O) groups is 1. The van der Waals surface area contributed by atoms with Gasteiger partial charge < -0.3 is 15.0 Å². The van der Waals surface area contributed by atoms with Gasteiger partial charge in [-0.05, 0) is 43.5 Å². The highest BCUT2D eigenvalue weighted by Crippen LogP contribution is 2.17. The predicted octanol–water partition coefficient (Wildman–Crippen LogP) is 2.66. The Morgan fingerprint density at radius 3 is 2.72 bits per heavy atom. The van der Waals surface area contributed by atoms with Crippen molar-refractivity contribution in [2.24, 2.45) is 0 Å². The van der Waals surface area contributed by atoms with Crippen LogP contribution in [0.4, 0.5) is 5.95 Å². The Labute approximate surface area is 148 Å². The van der Waals surface area contributed by atoms with Gasteiger partial charge in [0.05, 0.1) is 6.61 Å². The normalized spacial score (nSPS) is 15.0. The van der Waals surface area contributed by atoms with Crippen LogP contribution in [-0.4, -0.2) is 41.6 Å². The van der Waals surface area contributed by atoms with Gasteiger partial charge in [-0.3, -0.25) is 4.79 Å². The van der Waals surface area contributed by atoms with E-state index in [1.165, 1.54) is 0 Å². The number of anilines is 1. The number of rotatable bonds is 6. The van der Waals surface area contributed by atoms with Crippen LogP contribution in [0.5, 0.6) is 5.75 Å². The summed E-state index contributed by atoms with van der Waals surface area (Å²) in [5.41, 5.74) is 0.641. The van der Waals surface area contributed by atoms with Gasteiger partial charge in [-0.15, -0.1) is 0 Å². The number of aromatic nitrogens is 2. The van der Waals surface area contributed by atoms with Crippen molar-refractivity contribution < 1.29 is 9.53 Å². The first kappa shape index (κ1) is 17.2. The average Bonchev–Trinajstić information content (AvgIpc) is 2.68.